The molecule has 1 aromatic rings. The Labute approximate surface area is 234 Å². The van der Waals surface area contributed by atoms with E-state index >= 15 is 0 Å². The van der Waals surface area contributed by atoms with Crippen LogP contribution >= 0.6 is 35.1 Å². The van der Waals surface area contributed by atoms with E-state index in [0.717, 1.165) is 11.5 Å². The van der Waals surface area contributed by atoms with Gasteiger partial charge in [-0.1, -0.05) is 5.16 Å². The molecule has 15 nitrogen and oxygen atoms in total. The van der Waals surface area contributed by atoms with Gasteiger partial charge in [0.1, 0.15) is 17.1 Å². The molecule has 5 rings (SSSR count). The zero-order chi connectivity index (χ0) is 27.7. The molecule has 0 aliphatic carbocycles. The molecule has 3 fully saturated rings. The molecule has 5 heterocycles. The van der Waals surface area contributed by atoms with Crippen molar-refractivity contribution < 1.29 is 34.2 Å². The number of morpholine rings is 1. The van der Waals surface area contributed by atoms with Crippen LogP contribution in [0.2, 0.25) is 0 Å². The van der Waals surface area contributed by atoms with E-state index in [9.17, 15) is 29.5 Å². The highest BCUT2D eigenvalue weighted by atomic mass is 32.2. The molecule has 3 amide bonds. The van der Waals surface area contributed by atoms with E-state index in [0.29, 0.717) is 56.3 Å². The Bertz CT molecular complexity index is 1230. The number of carbonyl (C=O) groups excluding carboxylic acids is 3. The summed E-state index contributed by atoms with van der Waals surface area (Å²) in [5, 5.41) is 27.5. The number of carboxylic acid groups (broad SMARTS) is 1. The molecular formula is C21H26N8O7S3. The predicted molar refractivity (Wildman–Crippen MR) is 142 cm³/mol. The van der Waals surface area contributed by atoms with Crippen molar-refractivity contribution in [2.24, 2.45) is 5.16 Å². The molecule has 0 aromatic carbocycles. The zero-order valence-corrected chi connectivity index (χ0v) is 22.9. The largest absolute Gasteiger partial charge is 0.477 e. The van der Waals surface area contributed by atoms with Gasteiger partial charge in [-0.2, -0.15) is 21.1 Å². The Kier molecular flexibility index (Phi) is 8.27. The molecule has 0 spiro atoms. The van der Waals surface area contributed by atoms with Gasteiger partial charge in [0.05, 0.1) is 19.3 Å². The number of anilines is 1. The number of aromatic nitrogens is 2. The SMILES string of the molecule is Nc1nc(/C(=N/O)C(=O)N[C@@H]2C(=O)N3C(C(=O)O)=C(CS[C@@H]4CN[C@H](C(=O)N5CCOCC5)C4)CS[C@H]23)ns1. The van der Waals surface area contributed by atoms with Crippen LogP contribution in [0, 0.1) is 0 Å². The third kappa shape index (κ3) is 5.56. The normalized spacial score (nSPS) is 27.3. The number of carboxylic acids is 1. The lowest BCUT2D eigenvalue weighted by atomic mass is 10.0. The van der Waals surface area contributed by atoms with Gasteiger partial charge < -0.3 is 36.3 Å². The van der Waals surface area contributed by atoms with Gasteiger partial charge in [-0.3, -0.25) is 19.3 Å². The van der Waals surface area contributed by atoms with Gasteiger partial charge in [-0.15, -0.1) is 11.8 Å². The molecule has 1 aromatic heterocycles. The van der Waals surface area contributed by atoms with Crippen molar-refractivity contribution >= 4 is 69.6 Å². The zero-order valence-electron chi connectivity index (χ0n) is 20.4. The molecule has 39 heavy (non-hydrogen) atoms. The summed E-state index contributed by atoms with van der Waals surface area (Å²) < 4.78 is 9.14. The summed E-state index contributed by atoms with van der Waals surface area (Å²) >= 11 is 3.71. The number of ether oxygens (including phenoxy) is 1. The van der Waals surface area contributed by atoms with Crippen molar-refractivity contribution in [3.63, 3.8) is 0 Å². The molecule has 6 N–H and O–H groups in total. The lowest BCUT2D eigenvalue weighted by Gasteiger charge is -2.49. The Morgan fingerprint density at radius 3 is 2.74 bits per heavy atom. The average Bonchev–Trinajstić information content (AvgIpc) is 3.59. The fourth-order valence-corrected chi connectivity index (χ4v) is 7.90. The second-order valence-corrected chi connectivity index (χ2v) is 12.3. The van der Waals surface area contributed by atoms with Gasteiger partial charge >= 0.3 is 5.97 Å². The summed E-state index contributed by atoms with van der Waals surface area (Å²) in [6, 6.07) is -1.28. The average molecular weight is 599 g/mol. The van der Waals surface area contributed by atoms with Gasteiger partial charge in [0.15, 0.2) is 5.13 Å². The number of nitrogen functional groups attached to an aromatic ring is 1. The quantitative estimate of drug-likeness (QED) is 0.0984. The number of rotatable bonds is 8. The van der Waals surface area contributed by atoms with Crippen LogP contribution < -0.4 is 16.4 Å². The smallest absolute Gasteiger partial charge is 0.352 e. The van der Waals surface area contributed by atoms with E-state index in [1.165, 1.54) is 16.7 Å². The Morgan fingerprint density at radius 2 is 2.08 bits per heavy atom. The number of nitrogens with one attached hydrogen (secondary N) is 2. The van der Waals surface area contributed by atoms with Gasteiger partial charge in [-0.05, 0) is 12.0 Å². The van der Waals surface area contributed by atoms with Crippen LogP contribution in [0.15, 0.2) is 16.4 Å². The Morgan fingerprint density at radius 1 is 1.31 bits per heavy atom. The summed E-state index contributed by atoms with van der Waals surface area (Å²) in [5.74, 6) is -2.06. The maximum Gasteiger partial charge on any atom is 0.352 e. The van der Waals surface area contributed by atoms with Gasteiger partial charge in [0.25, 0.3) is 11.8 Å². The highest BCUT2D eigenvalue weighted by Gasteiger charge is 2.54. The first-order valence-electron chi connectivity index (χ1n) is 12.0. The molecular weight excluding hydrogens is 572 g/mol. The van der Waals surface area contributed by atoms with E-state index in [1.807, 2.05) is 0 Å². The third-order valence-electron chi connectivity index (χ3n) is 6.71. The maximum atomic E-state index is 13.0. The Balaban J connectivity index is 1.19. The van der Waals surface area contributed by atoms with Gasteiger partial charge in [-0.25, -0.2) is 4.79 Å². The number of fused-ring (bicyclic) bond motifs is 1. The molecule has 0 bridgehead atoms. The molecule has 210 valence electrons. The van der Waals surface area contributed by atoms with Crippen LogP contribution in [0.3, 0.4) is 0 Å². The minimum Gasteiger partial charge on any atom is -0.477 e. The first-order chi connectivity index (χ1) is 18.8. The monoisotopic (exact) mass is 598 g/mol. The minimum atomic E-state index is -1.22. The molecule has 0 unspecified atom stereocenters. The van der Waals surface area contributed by atoms with Crippen LogP contribution in [-0.4, -0.2) is 126 Å². The number of aliphatic carboxylic acids is 1. The summed E-state index contributed by atoms with van der Waals surface area (Å²) in [6.45, 7) is 2.86. The van der Waals surface area contributed by atoms with E-state index in [-0.39, 0.29) is 33.9 Å². The van der Waals surface area contributed by atoms with Crippen LogP contribution in [0.25, 0.3) is 0 Å². The Hall–Kier alpha value is -2.93. The lowest BCUT2D eigenvalue weighted by molar-refractivity contribution is -0.150. The topological polar surface area (TPSA) is 213 Å². The van der Waals surface area contributed by atoms with Crippen molar-refractivity contribution in [2.75, 3.05) is 50.1 Å². The van der Waals surface area contributed by atoms with Crippen LogP contribution in [-0.2, 0) is 23.9 Å². The fraction of sp³-hybridized carbons (Fsp3) is 0.571. The number of carbonyl (C=O) groups is 4. The summed E-state index contributed by atoms with van der Waals surface area (Å²) in [4.78, 5) is 57.3. The van der Waals surface area contributed by atoms with Crippen molar-refractivity contribution in [1.29, 1.82) is 0 Å². The number of amides is 3. The van der Waals surface area contributed by atoms with Crippen LogP contribution in [0.5, 0.6) is 0 Å². The molecule has 0 radical (unpaired) electrons. The number of oxime groups is 1. The lowest BCUT2D eigenvalue weighted by Crippen LogP contribution is -2.71. The number of β-lactam (4-membered cyclic amide) rings is 1. The summed E-state index contributed by atoms with van der Waals surface area (Å²) in [7, 11) is 0. The summed E-state index contributed by atoms with van der Waals surface area (Å²) in [6.07, 6.45) is 0.636. The van der Waals surface area contributed by atoms with Crippen LogP contribution in [0.4, 0.5) is 5.13 Å². The molecule has 4 aliphatic heterocycles. The predicted octanol–water partition coefficient (Wildman–Crippen LogP) is -1.64. The molecule has 3 saturated heterocycles. The van der Waals surface area contributed by atoms with Gasteiger partial charge in [0.2, 0.25) is 17.4 Å². The first-order valence-corrected chi connectivity index (χ1v) is 14.9. The van der Waals surface area contributed by atoms with Crippen molar-refractivity contribution in [3.8, 4) is 0 Å². The fourth-order valence-electron chi connectivity index (χ4n) is 4.77. The van der Waals surface area contributed by atoms with E-state index < -0.39 is 34.9 Å². The molecule has 0 saturated carbocycles. The highest BCUT2D eigenvalue weighted by Crippen LogP contribution is 2.41. The van der Waals surface area contributed by atoms with Crippen molar-refractivity contribution in [3.05, 3.63) is 17.1 Å². The number of thioether (sulfide) groups is 2. The highest BCUT2D eigenvalue weighted by molar-refractivity contribution is 8.01. The van der Waals surface area contributed by atoms with E-state index in [2.05, 4.69) is 25.1 Å². The second kappa shape index (κ2) is 11.7. The van der Waals surface area contributed by atoms with E-state index in [1.54, 1.807) is 16.7 Å². The number of nitrogens with two attached hydrogens (primary N) is 1. The number of hydrogen-bond donors (Lipinski definition) is 5. The van der Waals surface area contributed by atoms with Crippen molar-refractivity contribution in [2.45, 2.75) is 29.1 Å². The van der Waals surface area contributed by atoms with Gasteiger partial charge in [0, 0.05) is 47.9 Å². The molecule has 4 aliphatic rings. The summed E-state index contributed by atoms with van der Waals surface area (Å²) in [5.41, 5.74) is 5.54. The molecule has 18 heteroatoms. The maximum absolute atomic E-state index is 13.0. The number of nitrogens with zero attached hydrogens (tertiary/aromatic N) is 5. The third-order valence-corrected chi connectivity index (χ3v) is 9.94. The second-order valence-electron chi connectivity index (χ2n) is 9.09. The minimum absolute atomic E-state index is 0.0607. The number of hydrogen-bond acceptors (Lipinski definition) is 14. The van der Waals surface area contributed by atoms with Crippen LogP contribution in [0.1, 0.15) is 12.2 Å². The standard InChI is InChI=1S/C21H26N8O7S3/c22-21-25-15(27-39-21)12(26-35)16(30)24-13-18(32)29-14(20(33)34)9(8-38-19(13)29)7-37-10-5-11(23-6-10)17(31)28-1-3-36-4-2-28/h10-11,13,19,23,35H,1-8H2,(H,24,30)(H,33,34)(H2,22,25,27)/b26-12-/t10-,11-,13+,19+/m0/s1. The first kappa shape index (κ1) is 27.6. The molecule has 4 atom stereocenters. The van der Waals surface area contributed by atoms with Crippen molar-refractivity contribution in [1.82, 2.24) is 29.8 Å². The van der Waals surface area contributed by atoms with E-state index in [4.69, 9.17) is 10.5 Å².